The molecule has 0 unspecified atom stereocenters. The van der Waals surface area contributed by atoms with Crippen LogP contribution in [-0.4, -0.2) is 27.2 Å². The van der Waals surface area contributed by atoms with Crippen LogP contribution in [0.2, 0.25) is 0 Å². The van der Waals surface area contributed by atoms with Gasteiger partial charge >= 0.3 is 5.63 Å². The van der Waals surface area contributed by atoms with Gasteiger partial charge in [-0.15, -0.1) is 5.10 Å². The molecule has 1 aromatic carbocycles. The van der Waals surface area contributed by atoms with E-state index in [1.54, 1.807) is 12.1 Å². The average Bonchev–Trinajstić information content (AvgIpc) is 3.06. The van der Waals surface area contributed by atoms with Crippen LogP contribution < -0.4 is 10.4 Å². The summed E-state index contributed by atoms with van der Waals surface area (Å²) in [6.45, 7) is 6.54. The highest BCUT2D eigenvalue weighted by Crippen LogP contribution is 2.28. The van der Waals surface area contributed by atoms with Gasteiger partial charge in [0, 0.05) is 11.5 Å². The summed E-state index contributed by atoms with van der Waals surface area (Å²) in [7, 11) is 0. The Hall–Kier alpha value is -2.96. The molecule has 0 bridgehead atoms. The first-order valence-corrected chi connectivity index (χ1v) is 7.69. The van der Waals surface area contributed by atoms with E-state index in [4.69, 9.17) is 9.15 Å². The highest BCUT2D eigenvalue weighted by Gasteiger charge is 2.14. The zero-order chi connectivity index (χ0) is 17.1. The van der Waals surface area contributed by atoms with E-state index in [1.807, 2.05) is 26.8 Å². The molecular weight excluding hydrogens is 308 g/mol. The monoisotopic (exact) mass is 326 g/mol. The summed E-state index contributed by atoms with van der Waals surface area (Å²) in [6, 6.07) is 5.45. The molecular formula is C17H18N4O3. The normalized spacial score (nSPS) is 10.8. The predicted molar refractivity (Wildman–Crippen MR) is 90.0 cm³/mol. The molecule has 0 radical (unpaired) electrons. The van der Waals surface area contributed by atoms with E-state index in [-0.39, 0.29) is 5.82 Å². The van der Waals surface area contributed by atoms with E-state index < -0.39 is 5.63 Å². The Kier molecular flexibility index (Phi) is 4.41. The van der Waals surface area contributed by atoms with Gasteiger partial charge in [-0.05, 0) is 55.3 Å². The zero-order valence-electron chi connectivity index (χ0n) is 13.8. The molecule has 0 aliphatic heterocycles. The van der Waals surface area contributed by atoms with Gasteiger partial charge in [0.2, 0.25) is 0 Å². The van der Waals surface area contributed by atoms with Crippen molar-refractivity contribution in [1.82, 2.24) is 20.6 Å². The van der Waals surface area contributed by atoms with Crippen LogP contribution in [0.4, 0.5) is 0 Å². The van der Waals surface area contributed by atoms with Gasteiger partial charge in [0.25, 0.3) is 0 Å². The van der Waals surface area contributed by atoms with E-state index in [9.17, 15) is 4.79 Å². The summed E-state index contributed by atoms with van der Waals surface area (Å²) in [5.41, 5.74) is 2.51. The van der Waals surface area contributed by atoms with Gasteiger partial charge < -0.3 is 9.15 Å². The largest absolute Gasteiger partial charge is 0.494 e. The van der Waals surface area contributed by atoms with Crippen molar-refractivity contribution < 1.29 is 9.15 Å². The van der Waals surface area contributed by atoms with Crippen LogP contribution >= 0.6 is 0 Å². The molecule has 0 amide bonds. The van der Waals surface area contributed by atoms with E-state index in [0.717, 1.165) is 10.9 Å². The van der Waals surface area contributed by atoms with Crippen molar-refractivity contribution in [2.45, 2.75) is 27.2 Å². The maximum Gasteiger partial charge on any atom is 0.347 e. The van der Waals surface area contributed by atoms with E-state index in [1.165, 1.54) is 5.57 Å². The molecule has 3 aromatic rings. The van der Waals surface area contributed by atoms with Crippen molar-refractivity contribution in [2.75, 3.05) is 6.61 Å². The number of aromatic nitrogens is 4. The van der Waals surface area contributed by atoms with E-state index >= 15 is 0 Å². The Bertz CT molecular complexity index is 938. The van der Waals surface area contributed by atoms with Gasteiger partial charge in [-0.3, -0.25) is 0 Å². The molecule has 0 atom stereocenters. The Morgan fingerprint density at radius 1 is 1.33 bits per heavy atom. The standard InChI is InChI=1S/C17H18N4O3/c1-4-23-12-7-11(6-5-10(2)3)13-9-14(16-18-20-21-19-16)17(22)24-15(13)8-12/h5,7-9H,4,6H2,1-3H3,(H,18,19,20,21). The number of H-pyrrole nitrogens is 1. The lowest BCUT2D eigenvalue weighted by atomic mass is 10.0. The number of rotatable bonds is 5. The number of aromatic amines is 1. The predicted octanol–water partition coefficient (Wildman–Crippen LogP) is 2.88. The molecule has 124 valence electrons. The van der Waals surface area contributed by atoms with Crippen LogP contribution in [0.1, 0.15) is 26.3 Å². The van der Waals surface area contributed by atoms with Gasteiger partial charge in [-0.25, -0.2) is 9.89 Å². The number of nitrogens with zero attached hydrogens (tertiary/aromatic N) is 3. The van der Waals surface area contributed by atoms with E-state index in [2.05, 4.69) is 26.7 Å². The number of tetrazole rings is 1. The van der Waals surface area contributed by atoms with E-state index in [0.29, 0.717) is 29.9 Å². The molecule has 7 nitrogen and oxygen atoms in total. The van der Waals surface area contributed by atoms with Crippen molar-refractivity contribution in [1.29, 1.82) is 0 Å². The fourth-order valence-electron chi connectivity index (χ4n) is 2.43. The molecule has 0 saturated carbocycles. The minimum Gasteiger partial charge on any atom is -0.494 e. The Balaban J connectivity index is 2.22. The summed E-state index contributed by atoms with van der Waals surface area (Å²) >= 11 is 0. The Morgan fingerprint density at radius 2 is 2.17 bits per heavy atom. The van der Waals surface area contributed by atoms with Crippen LogP contribution in [0.5, 0.6) is 5.75 Å². The van der Waals surface area contributed by atoms with Crippen LogP contribution in [-0.2, 0) is 6.42 Å². The fourth-order valence-corrected chi connectivity index (χ4v) is 2.43. The topological polar surface area (TPSA) is 93.9 Å². The lowest BCUT2D eigenvalue weighted by Gasteiger charge is -2.09. The molecule has 7 heteroatoms. The number of allylic oxidation sites excluding steroid dienone is 2. The molecule has 3 rings (SSSR count). The highest BCUT2D eigenvalue weighted by molar-refractivity contribution is 5.85. The smallest absolute Gasteiger partial charge is 0.347 e. The lowest BCUT2D eigenvalue weighted by Crippen LogP contribution is -2.05. The molecule has 2 heterocycles. The number of fused-ring (bicyclic) bond motifs is 1. The molecule has 0 saturated heterocycles. The number of ether oxygens (including phenoxy) is 1. The molecule has 0 aliphatic carbocycles. The third kappa shape index (κ3) is 3.19. The summed E-state index contributed by atoms with van der Waals surface area (Å²) in [6.07, 6.45) is 2.83. The fraction of sp³-hybridized carbons (Fsp3) is 0.294. The second-order valence-corrected chi connectivity index (χ2v) is 5.61. The van der Waals surface area contributed by atoms with Crippen molar-refractivity contribution in [3.05, 3.63) is 45.8 Å². The number of benzene rings is 1. The van der Waals surface area contributed by atoms with Gasteiger partial charge in [0.15, 0.2) is 5.82 Å². The summed E-state index contributed by atoms with van der Waals surface area (Å²) in [5, 5.41) is 14.2. The molecule has 24 heavy (non-hydrogen) atoms. The summed E-state index contributed by atoms with van der Waals surface area (Å²) in [4.78, 5) is 12.2. The van der Waals surface area contributed by atoms with Crippen LogP contribution in [0, 0.1) is 0 Å². The van der Waals surface area contributed by atoms with Crippen LogP contribution in [0.15, 0.2) is 39.1 Å². The average molecular weight is 326 g/mol. The quantitative estimate of drug-likeness (QED) is 0.572. The molecule has 0 spiro atoms. The molecule has 0 aliphatic rings. The van der Waals surface area contributed by atoms with Crippen molar-refractivity contribution >= 4 is 11.0 Å². The zero-order valence-corrected chi connectivity index (χ0v) is 13.8. The molecule has 1 N–H and O–H groups in total. The van der Waals surface area contributed by atoms with Crippen LogP contribution in [0.25, 0.3) is 22.4 Å². The lowest BCUT2D eigenvalue weighted by molar-refractivity contribution is 0.340. The maximum atomic E-state index is 12.2. The Morgan fingerprint density at radius 3 is 2.83 bits per heavy atom. The van der Waals surface area contributed by atoms with Crippen LogP contribution in [0.3, 0.4) is 0 Å². The second kappa shape index (κ2) is 6.66. The molecule has 0 fully saturated rings. The SMILES string of the molecule is CCOc1cc(CC=C(C)C)c2cc(-c3nnn[nH]3)c(=O)oc2c1. The third-order valence-corrected chi connectivity index (χ3v) is 3.55. The highest BCUT2D eigenvalue weighted by atomic mass is 16.5. The third-order valence-electron chi connectivity index (χ3n) is 3.55. The van der Waals surface area contributed by atoms with Gasteiger partial charge in [-0.1, -0.05) is 11.6 Å². The summed E-state index contributed by atoms with van der Waals surface area (Å²) in [5.74, 6) is 0.965. The van der Waals surface area contributed by atoms with Crippen molar-refractivity contribution in [2.24, 2.45) is 0 Å². The van der Waals surface area contributed by atoms with Gasteiger partial charge in [0.05, 0.1) is 6.61 Å². The number of nitrogens with one attached hydrogen (secondary N) is 1. The first-order chi connectivity index (χ1) is 11.6. The number of hydrogen-bond donors (Lipinski definition) is 1. The van der Waals surface area contributed by atoms with Gasteiger partial charge in [-0.2, -0.15) is 0 Å². The van der Waals surface area contributed by atoms with Crippen molar-refractivity contribution in [3.8, 4) is 17.1 Å². The first kappa shape index (κ1) is 15.9. The Labute approximate surface area is 138 Å². The minimum atomic E-state index is -0.497. The molecule has 2 aromatic heterocycles. The second-order valence-electron chi connectivity index (χ2n) is 5.61. The minimum absolute atomic E-state index is 0.285. The first-order valence-electron chi connectivity index (χ1n) is 7.69. The van der Waals surface area contributed by atoms with Crippen molar-refractivity contribution in [3.63, 3.8) is 0 Å². The van der Waals surface area contributed by atoms with Gasteiger partial charge in [0.1, 0.15) is 16.9 Å². The summed E-state index contributed by atoms with van der Waals surface area (Å²) < 4.78 is 11.1. The number of hydrogen-bond acceptors (Lipinski definition) is 6. The maximum absolute atomic E-state index is 12.2.